The second-order valence-corrected chi connectivity index (χ2v) is 9.22. The molecule has 2 aromatic heterocycles. The maximum absolute atomic E-state index is 12.9. The molecule has 0 spiro atoms. The van der Waals surface area contributed by atoms with Crippen LogP contribution in [0.25, 0.3) is 5.65 Å². The lowest BCUT2D eigenvalue weighted by atomic mass is 10.1. The average molecular weight is 389 g/mol. The Bertz CT molecular complexity index is 1040. The number of pyridine rings is 1. The highest BCUT2D eigenvalue weighted by molar-refractivity contribution is 7.98. The van der Waals surface area contributed by atoms with E-state index in [4.69, 9.17) is 0 Å². The van der Waals surface area contributed by atoms with Gasteiger partial charge in [-0.2, -0.15) is 4.31 Å². The Kier molecular flexibility index (Phi) is 4.73. The maximum atomic E-state index is 12.9. The first-order chi connectivity index (χ1) is 12.6. The van der Waals surface area contributed by atoms with Gasteiger partial charge in [0.15, 0.2) is 10.8 Å². The topological polar surface area (TPSA) is 67.6 Å². The van der Waals surface area contributed by atoms with Gasteiger partial charge in [0.1, 0.15) is 4.90 Å². The molecule has 1 aliphatic heterocycles. The number of hydrogen-bond acceptors (Lipinski definition) is 5. The lowest BCUT2D eigenvalue weighted by molar-refractivity contribution is 0.478. The summed E-state index contributed by atoms with van der Waals surface area (Å²) >= 11 is 1.56. The first kappa shape index (κ1) is 17.5. The van der Waals surface area contributed by atoms with Crippen molar-refractivity contribution in [2.75, 3.05) is 13.1 Å². The summed E-state index contributed by atoms with van der Waals surface area (Å²) < 4.78 is 29.1. The lowest BCUT2D eigenvalue weighted by Gasteiger charge is -2.15. The van der Waals surface area contributed by atoms with Gasteiger partial charge in [-0.15, -0.1) is 10.2 Å². The molecule has 0 amide bonds. The van der Waals surface area contributed by atoms with Gasteiger partial charge in [0, 0.05) is 25.0 Å². The van der Waals surface area contributed by atoms with Crippen LogP contribution in [-0.4, -0.2) is 40.4 Å². The summed E-state index contributed by atoms with van der Waals surface area (Å²) in [5, 5.41) is 9.11. The van der Waals surface area contributed by atoms with Crippen LogP contribution in [0.2, 0.25) is 0 Å². The second kappa shape index (κ2) is 7.02. The molecule has 0 radical (unpaired) electrons. The van der Waals surface area contributed by atoms with E-state index in [9.17, 15) is 8.42 Å². The number of sulfonamides is 1. The highest BCUT2D eigenvalue weighted by Gasteiger charge is 2.30. The Hall–Kier alpha value is -1.90. The summed E-state index contributed by atoms with van der Waals surface area (Å²) in [5.41, 5.74) is 2.85. The molecular formula is C18H20N4O2S2. The smallest absolute Gasteiger partial charge is 0.246 e. The molecule has 3 heterocycles. The van der Waals surface area contributed by atoms with Gasteiger partial charge in [0.25, 0.3) is 0 Å². The molecular weight excluding hydrogens is 368 g/mol. The first-order valence-electron chi connectivity index (χ1n) is 8.58. The van der Waals surface area contributed by atoms with Crippen molar-refractivity contribution >= 4 is 27.4 Å². The third-order valence-electron chi connectivity index (χ3n) is 4.67. The summed E-state index contributed by atoms with van der Waals surface area (Å²) in [6, 6.07) is 11.6. The van der Waals surface area contributed by atoms with Gasteiger partial charge >= 0.3 is 0 Å². The van der Waals surface area contributed by atoms with Gasteiger partial charge in [-0.25, -0.2) is 8.42 Å². The largest absolute Gasteiger partial charge is 0.276 e. The van der Waals surface area contributed by atoms with Crippen LogP contribution in [0, 0.1) is 6.92 Å². The highest BCUT2D eigenvalue weighted by atomic mass is 32.2. The Balaban J connectivity index is 1.66. The van der Waals surface area contributed by atoms with E-state index in [1.165, 1.54) is 15.4 Å². The van der Waals surface area contributed by atoms with E-state index in [-0.39, 0.29) is 4.90 Å². The third kappa shape index (κ3) is 3.13. The predicted molar refractivity (Wildman–Crippen MR) is 102 cm³/mol. The molecule has 1 aromatic carbocycles. The van der Waals surface area contributed by atoms with E-state index in [1.54, 1.807) is 28.3 Å². The van der Waals surface area contributed by atoms with Crippen LogP contribution in [0.15, 0.2) is 52.6 Å². The van der Waals surface area contributed by atoms with Crippen molar-refractivity contribution in [3.8, 4) is 0 Å². The van der Waals surface area contributed by atoms with Gasteiger partial charge in [-0.3, -0.25) is 4.40 Å². The molecule has 0 bridgehead atoms. The molecule has 3 aromatic rings. The molecule has 8 heteroatoms. The fourth-order valence-corrected chi connectivity index (χ4v) is 5.78. The Morgan fingerprint density at radius 2 is 1.85 bits per heavy atom. The standard InChI is InChI=1S/C18H20N4O2S2/c1-14-7-2-3-8-15(14)13-25-18-20-19-17-16(9-6-12-22(17)18)26(23,24)21-10-4-5-11-21/h2-3,6-9,12H,4-5,10-11,13H2,1H3. The highest BCUT2D eigenvalue weighted by Crippen LogP contribution is 2.28. The fraction of sp³-hybridized carbons (Fsp3) is 0.333. The normalized spacial score (nSPS) is 15.7. The number of benzene rings is 1. The van der Waals surface area contributed by atoms with Crippen molar-refractivity contribution < 1.29 is 8.42 Å². The van der Waals surface area contributed by atoms with Crippen molar-refractivity contribution in [1.82, 2.24) is 18.9 Å². The zero-order valence-corrected chi connectivity index (χ0v) is 16.1. The van der Waals surface area contributed by atoms with E-state index in [0.29, 0.717) is 23.9 Å². The number of aromatic nitrogens is 3. The molecule has 1 fully saturated rings. The van der Waals surface area contributed by atoms with Crippen LogP contribution in [0.4, 0.5) is 0 Å². The minimum atomic E-state index is -3.53. The molecule has 136 valence electrons. The maximum Gasteiger partial charge on any atom is 0.246 e. The van der Waals surface area contributed by atoms with Gasteiger partial charge < -0.3 is 0 Å². The second-order valence-electron chi connectivity index (χ2n) is 6.37. The molecule has 0 unspecified atom stereocenters. The van der Waals surface area contributed by atoms with Crippen molar-refractivity contribution in [1.29, 1.82) is 0 Å². The molecule has 6 nitrogen and oxygen atoms in total. The third-order valence-corrected chi connectivity index (χ3v) is 7.58. The van der Waals surface area contributed by atoms with Crippen LogP contribution in [0.1, 0.15) is 24.0 Å². The van der Waals surface area contributed by atoms with E-state index in [1.807, 2.05) is 18.3 Å². The fourth-order valence-electron chi connectivity index (χ4n) is 3.15. The number of aryl methyl sites for hydroxylation is 1. The van der Waals surface area contributed by atoms with Crippen LogP contribution >= 0.6 is 11.8 Å². The van der Waals surface area contributed by atoms with Crippen molar-refractivity contribution in [3.05, 3.63) is 53.7 Å². The van der Waals surface area contributed by atoms with Gasteiger partial charge in [-0.1, -0.05) is 36.0 Å². The minimum Gasteiger partial charge on any atom is -0.276 e. The van der Waals surface area contributed by atoms with Crippen LogP contribution in [0.3, 0.4) is 0 Å². The number of thioether (sulfide) groups is 1. The summed E-state index contributed by atoms with van der Waals surface area (Å²) in [4.78, 5) is 0.233. The van der Waals surface area contributed by atoms with Gasteiger partial charge in [-0.05, 0) is 43.0 Å². The molecule has 0 aliphatic carbocycles. The molecule has 0 atom stereocenters. The quantitative estimate of drug-likeness (QED) is 0.628. The van der Waals surface area contributed by atoms with Crippen molar-refractivity contribution in [3.63, 3.8) is 0 Å². The van der Waals surface area contributed by atoms with E-state index < -0.39 is 10.0 Å². The van der Waals surface area contributed by atoms with Crippen molar-refractivity contribution in [2.45, 2.75) is 35.6 Å². The summed E-state index contributed by atoms with van der Waals surface area (Å²) in [7, 11) is -3.53. The Labute approximate surface area is 157 Å². The molecule has 1 aliphatic rings. The first-order valence-corrected chi connectivity index (χ1v) is 11.0. The molecule has 0 N–H and O–H groups in total. The van der Waals surface area contributed by atoms with E-state index >= 15 is 0 Å². The minimum absolute atomic E-state index is 0.233. The molecule has 0 saturated carbocycles. The zero-order chi connectivity index (χ0) is 18.1. The molecule has 1 saturated heterocycles. The van der Waals surface area contributed by atoms with Crippen molar-refractivity contribution in [2.24, 2.45) is 0 Å². The predicted octanol–water partition coefficient (Wildman–Crippen LogP) is 3.11. The average Bonchev–Trinajstić information content (AvgIpc) is 3.31. The summed E-state index contributed by atoms with van der Waals surface area (Å²) in [6.07, 6.45) is 3.64. The summed E-state index contributed by atoms with van der Waals surface area (Å²) in [6.45, 7) is 3.23. The SMILES string of the molecule is Cc1ccccc1CSc1nnc2c(S(=O)(=O)N3CCCC3)cccn12. The van der Waals surface area contributed by atoms with Crippen LogP contribution in [-0.2, 0) is 15.8 Å². The van der Waals surface area contributed by atoms with Crippen LogP contribution in [0.5, 0.6) is 0 Å². The lowest BCUT2D eigenvalue weighted by Crippen LogP contribution is -2.28. The van der Waals surface area contributed by atoms with E-state index in [0.717, 1.165) is 18.6 Å². The zero-order valence-electron chi connectivity index (χ0n) is 14.5. The van der Waals surface area contributed by atoms with Gasteiger partial charge in [0.2, 0.25) is 10.0 Å². The number of nitrogens with zero attached hydrogens (tertiary/aromatic N) is 4. The molecule has 4 rings (SSSR count). The Morgan fingerprint density at radius 3 is 2.62 bits per heavy atom. The number of rotatable bonds is 5. The van der Waals surface area contributed by atoms with Gasteiger partial charge in [0.05, 0.1) is 0 Å². The molecule has 26 heavy (non-hydrogen) atoms. The number of fused-ring (bicyclic) bond motifs is 1. The number of hydrogen-bond donors (Lipinski definition) is 0. The van der Waals surface area contributed by atoms with Crippen LogP contribution < -0.4 is 0 Å². The monoisotopic (exact) mass is 388 g/mol. The van der Waals surface area contributed by atoms with E-state index in [2.05, 4.69) is 29.3 Å². The Morgan fingerprint density at radius 1 is 1.08 bits per heavy atom. The summed E-state index contributed by atoms with van der Waals surface area (Å²) in [5.74, 6) is 0.760.